The van der Waals surface area contributed by atoms with Crippen LogP contribution in [0.1, 0.15) is 40.5 Å². The van der Waals surface area contributed by atoms with E-state index < -0.39 is 0 Å². The molecule has 2 aromatic heterocycles. The lowest BCUT2D eigenvalue weighted by Gasteiger charge is -2.17. The van der Waals surface area contributed by atoms with Crippen LogP contribution < -0.4 is 5.32 Å². The van der Waals surface area contributed by atoms with Gasteiger partial charge in [-0.05, 0) is 38.0 Å². The van der Waals surface area contributed by atoms with Gasteiger partial charge in [-0.25, -0.2) is 4.98 Å². The van der Waals surface area contributed by atoms with Crippen molar-refractivity contribution in [1.82, 2.24) is 19.6 Å². The highest BCUT2D eigenvalue weighted by molar-refractivity contribution is 6.02. The third-order valence-corrected chi connectivity index (χ3v) is 4.55. The maximum absolute atomic E-state index is 12.8. The lowest BCUT2D eigenvalue weighted by atomic mass is 10.1. The molecule has 0 fully saturated rings. The van der Waals surface area contributed by atoms with E-state index in [4.69, 9.17) is 0 Å². The normalized spacial score (nSPS) is 10.7. The second-order valence-corrected chi connectivity index (χ2v) is 6.21. The average molecular weight is 364 g/mol. The van der Waals surface area contributed by atoms with E-state index in [1.807, 2.05) is 56.3 Å². The molecule has 6 heteroatoms. The fraction of sp³-hybridized carbons (Fsp3) is 0.286. The van der Waals surface area contributed by atoms with E-state index in [1.54, 1.807) is 21.6 Å². The van der Waals surface area contributed by atoms with Crippen molar-refractivity contribution in [1.29, 1.82) is 0 Å². The fourth-order valence-corrected chi connectivity index (χ4v) is 3.06. The summed E-state index contributed by atoms with van der Waals surface area (Å²) in [5.74, 6) is -0.180. The predicted octanol–water partition coefficient (Wildman–Crippen LogP) is 2.79. The number of fused-ring (bicyclic) bond motifs is 1. The van der Waals surface area contributed by atoms with Crippen molar-refractivity contribution >= 4 is 17.3 Å². The predicted molar refractivity (Wildman–Crippen MR) is 105 cm³/mol. The smallest absolute Gasteiger partial charge is 0.290 e. The number of nitrogens with one attached hydrogen (secondary N) is 1. The van der Waals surface area contributed by atoms with E-state index >= 15 is 0 Å². The molecule has 0 radical (unpaired) electrons. The molecular weight excluding hydrogens is 340 g/mol. The molecule has 140 valence electrons. The van der Waals surface area contributed by atoms with Gasteiger partial charge >= 0.3 is 0 Å². The second kappa shape index (κ2) is 8.49. The summed E-state index contributed by atoms with van der Waals surface area (Å²) in [7, 11) is 0. The Labute approximate surface area is 158 Å². The molecule has 27 heavy (non-hydrogen) atoms. The van der Waals surface area contributed by atoms with Crippen LogP contribution in [0.15, 0.2) is 54.7 Å². The standard InChI is InChI=1S/C21H24N4O2/c1-3-24(4-2)21(27)19-23-18(17-12-8-9-15-25(17)19)20(26)22-14-13-16-10-6-5-7-11-16/h5-12,15H,3-4,13-14H2,1-2H3,(H,22,26). The molecule has 2 heterocycles. The first kappa shape index (κ1) is 18.6. The van der Waals surface area contributed by atoms with Gasteiger partial charge in [-0.3, -0.25) is 14.0 Å². The molecule has 0 atom stereocenters. The number of rotatable bonds is 7. The first-order chi connectivity index (χ1) is 13.2. The number of hydrogen-bond donors (Lipinski definition) is 1. The minimum atomic E-state index is -0.270. The quantitative estimate of drug-likeness (QED) is 0.701. The van der Waals surface area contributed by atoms with Gasteiger partial charge in [-0.1, -0.05) is 36.4 Å². The number of amides is 2. The summed E-state index contributed by atoms with van der Waals surface area (Å²) in [6.45, 7) is 5.54. The number of hydrogen-bond acceptors (Lipinski definition) is 3. The van der Waals surface area contributed by atoms with E-state index in [1.165, 1.54) is 0 Å². The van der Waals surface area contributed by atoms with Crippen LogP contribution in [0.2, 0.25) is 0 Å². The molecule has 0 aliphatic heterocycles. The van der Waals surface area contributed by atoms with E-state index in [0.717, 1.165) is 12.0 Å². The van der Waals surface area contributed by atoms with Gasteiger partial charge in [0.15, 0.2) is 5.69 Å². The number of pyridine rings is 1. The highest BCUT2D eigenvalue weighted by Gasteiger charge is 2.23. The Bertz CT molecular complexity index is 930. The molecule has 0 saturated heterocycles. The summed E-state index contributed by atoms with van der Waals surface area (Å²) in [6, 6.07) is 15.4. The average Bonchev–Trinajstić information content (AvgIpc) is 3.09. The molecule has 0 saturated carbocycles. The highest BCUT2D eigenvalue weighted by atomic mass is 16.2. The summed E-state index contributed by atoms with van der Waals surface area (Å²) in [6.07, 6.45) is 2.50. The summed E-state index contributed by atoms with van der Waals surface area (Å²) in [5.41, 5.74) is 2.06. The van der Waals surface area contributed by atoms with Gasteiger partial charge in [0.05, 0.1) is 5.52 Å². The molecule has 1 N–H and O–H groups in total. The van der Waals surface area contributed by atoms with Gasteiger partial charge in [0.2, 0.25) is 5.82 Å². The molecule has 0 unspecified atom stereocenters. The molecule has 1 aromatic carbocycles. The zero-order valence-electron chi connectivity index (χ0n) is 15.7. The topological polar surface area (TPSA) is 66.7 Å². The third kappa shape index (κ3) is 4.00. The minimum absolute atomic E-state index is 0.176. The van der Waals surface area contributed by atoms with Crippen LogP contribution in [0.4, 0.5) is 0 Å². The van der Waals surface area contributed by atoms with Crippen LogP contribution in [-0.4, -0.2) is 45.7 Å². The summed E-state index contributed by atoms with van der Waals surface area (Å²) in [4.78, 5) is 31.5. The van der Waals surface area contributed by atoms with Crippen LogP contribution in [0, 0.1) is 0 Å². The van der Waals surface area contributed by atoms with Gasteiger partial charge in [0.1, 0.15) is 0 Å². The molecule has 2 amide bonds. The van der Waals surface area contributed by atoms with Crippen molar-refractivity contribution in [2.75, 3.05) is 19.6 Å². The van der Waals surface area contributed by atoms with Crippen LogP contribution in [-0.2, 0) is 6.42 Å². The second-order valence-electron chi connectivity index (χ2n) is 6.21. The van der Waals surface area contributed by atoms with Gasteiger partial charge < -0.3 is 10.2 Å². The molecule has 0 aliphatic rings. The third-order valence-electron chi connectivity index (χ3n) is 4.55. The van der Waals surface area contributed by atoms with Crippen LogP contribution in [0.5, 0.6) is 0 Å². The Kier molecular flexibility index (Phi) is 5.86. The Morgan fingerprint density at radius 2 is 1.74 bits per heavy atom. The van der Waals surface area contributed by atoms with Crippen molar-refractivity contribution in [3.63, 3.8) is 0 Å². The van der Waals surface area contributed by atoms with Crippen molar-refractivity contribution < 1.29 is 9.59 Å². The lowest BCUT2D eigenvalue weighted by Crippen LogP contribution is -2.32. The largest absolute Gasteiger partial charge is 0.350 e. The maximum atomic E-state index is 12.8. The molecule has 0 bridgehead atoms. The van der Waals surface area contributed by atoms with Crippen LogP contribution in [0.3, 0.4) is 0 Å². The Balaban J connectivity index is 1.81. The highest BCUT2D eigenvalue weighted by Crippen LogP contribution is 2.15. The Morgan fingerprint density at radius 1 is 1.04 bits per heavy atom. The van der Waals surface area contributed by atoms with Crippen LogP contribution in [0.25, 0.3) is 5.52 Å². The van der Waals surface area contributed by atoms with E-state index in [0.29, 0.717) is 25.2 Å². The summed E-state index contributed by atoms with van der Waals surface area (Å²) < 4.78 is 1.69. The van der Waals surface area contributed by atoms with Crippen molar-refractivity contribution in [2.24, 2.45) is 0 Å². The van der Waals surface area contributed by atoms with E-state index in [2.05, 4.69) is 10.3 Å². The molecule has 3 rings (SSSR count). The van der Waals surface area contributed by atoms with Crippen LogP contribution >= 0.6 is 0 Å². The number of benzene rings is 1. The van der Waals surface area contributed by atoms with Crippen molar-refractivity contribution in [3.8, 4) is 0 Å². The zero-order chi connectivity index (χ0) is 19.2. The number of carbonyl (C=O) groups excluding carboxylic acids is 2. The molecule has 0 aliphatic carbocycles. The van der Waals surface area contributed by atoms with E-state index in [-0.39, 0.29) is 23.3 Å². The Morgan fingerprint density at radius 3 is 2.44 bits per heavy atom. The number of carbonyl (C=O) groups is 2. The van der Waals surface area contributed by atoms with Crippen molar-refractivity contribution in [3.05, 3.63) is 71.8 Å². The molecule has 0 spiro atoms. The van der Waals surface area contributed by atoms with Gasteiger partial charge in [0.25, 0.3) is 11.8 Å². The fourth-order valence-electron chi connectivity index (χ4n) is 3.06. The maximum Gasteiger partial charge on any atom is 0.290 e. The summed E-state index contributed by atoms with van der Waals surface area (Å²) in [5, 5.41) is 2.91. The SMILES string of the molecule is CCN(CC)C(=O)c1nc(C(=O)NCCc2ccccc2)c2ccccn12. The first-order valence-corrected chi connectivity index (χ1v) is 9.24. The van der Waals surface area contributed by atoms with Gasteiger partial charge in [0, 0.05) is 25.8 Å². The lowest BCUT2D eigenvalue weighted by molar-refractivity contribution is 0.0760. The van der Waals surface area contributed by atoms with Gasteiger partial charge in [-0.15, -0.1) is 0 Å². The molecule has 6 nitrogen and oxygen atoms in total. The number of aromatic nitrogens is 2. The Hall–Kier alpha value is -3.15. The van der Waals surface area contributed by atoms with Gasteiger partial charge in [-0.2, -0.15) is 0 Å². The summed E-state index contributed by atoms with van der Waals surface area (Å²) >= 11 is 0. The number of nitrogens with zero attached hydrogens (tertiary/aromatic N) is 3. The van der Waals surface area contributed by atoms with Crippen molar-refractivity contribution in [2.45, 2.75) is 20.3 Å². The van der Waals surface area contributed by atoms with E-state index in [9.17, 15) is 9.59 Å². The minimum Gasteiger partial charge on any atom is -0.350 e. The monoisotopic (exact) mass is 364 g/mol. The zero-order valence-corrected chi connectivity index (χ0v) is 15.7. The first-order valence-electron chi connectivity index (χ1n) is 9.24. The number of imidazole rings is 1. The molecule has 3 aromatic rings. The molecular formula is C21H24N4O2.